The predicted octanol–water partition coefficient (Wildman–Crippen LogP) is 2.04. The van der Waals surface area contributed by atoms with Crippen molar-refractivity contribution < 1.29 is 22.7 Å². The summed E-state index contributed by atoms with van der Waals surface area (Å²) in [5.41, 5.74) is 5.51. The van der Waals surface area contributed by atoms with E-state index in [1.54, 1.807) is 42.5 Å². The Kier molecular flexibility index (Phi) is 5.81. The van der Waals surface area contributed by atoms with E-state index >= 15 is 0 Å². The van der Waals surface area contributed by atoms with E-state index in [1.165, 1.54) is 13.2 Å². The number of benzene rings is 2. The van der Waals surface area contributed by atoms with Gasteiger partial charge in [-0.2, -0.15) is 0 Å². The second-order valence-corrected chi connectivity index (χ2v) is 7.14. The normalized spacial score (nSPS) is 11.0. The van der Waals surface area contributed by atoms with E-state index < -0.39 is 15.7 Å². The highest BCUT2D eigenvalue weighted by molar-refractivity contribution is 7.91. The Bertz CT molecular complexity index is 803. The topological polar surface area (TPSA) is 95.7 Å². The maximum Gasteiger partial charge on any atom is 0.252 e. The number of amides is 1. The van der Waals surface area contributed by atoms with Crippen LogP contribution in [0.5, 0.6) is 11.5 Å². The molecule has 24 heavy (non-hydrogen) atoms. The first-order valence-corrected chi connectivity index (χ1v) is 8.98. The Labute approximate surface area is 141 Å². The number of hydrogen-bond donors (Lipinski definition) is 1. The maximum atomic E-state index is 12.2. The highest BCUT2D eigenvalue weighted by atomic mass is 32.2. The molecule has 2 rings (SSSR count). The van der Waals surface area contributed by atoms with Crippen molar-refractivity contribution in [1.29, 1.82) is 0 Å². The van der Waals surface area contributed by atoms with Gasteiger partial charge in [0.2, 0.25) is 0 Å². The van der Waals surface area contributed by atoms with Crippen LogP contribution in [-0.4, -0.2) is 33.8 Å². The van der Waals surface area contributed by atoms with Crippen molar-refractivity contribution in [3.05, 3.63) is 54.1 Å². The smallest absolute Gasteiger partial charge is 0.252 e. The van der Waals surface area contributed by atoms with Gasteiger partial charge < -0.3 is 15.2 Å². The quantitative estimate of drug-likeness (QED) is 0.736. The summed E-state index contributed by atoms with van der Waals surface area (Å²) in [4.78, 5) is 11.7. The van der Waals surface area contributed by atoms with Gasteiger partial charge >= 0.3 is 0 Å². The summed E-state index contributed by atoms with van der Waals surface area (Å²) < 4.78 is 35.1. The molecular formula is C17H19NO5S. The number of nitrogens with two attached hydrogens (primary N) is 1. The minimum Gasteiger partial charge on any atom is -0.493 e. The zero-order valence-electron chi connectivity index (χ0n) is 13.3. The monoisotopic (exact) mass is 349 g/mol. The molecule has 0 unspecified atom stereocenters. The first kappa shape index (κ1) is 17.8. The molecule has 6 nitrogen and oxygen atoms in total. The van der Waals surface area contributed by atoms with E-state index in [0.29, 0.717) is 5.75 Å². The van der Waals surface area contributed by atoms with E-state index in [2.05, 4.69) is 0 Å². The molecule has 0 fully saturated rings. The van der Waals surface area contributed by atoms with Gasteiger partial charge in [0.05, 0.1) is 29.9 Å². The molecule has 0 bridgehead atoms. The summed E-state index contributed by atoms with van der Waals surface area (Å²) in [6.45, 7) is 0.118. The third-order valence-corrected chi connectivity index (χ3v) is 5.19. The molecule has 0 atom stereocenters. The van der Waals surface area contributed by atoms with Gasteiger partial charge in [0.1, 0.15) is 0 Å². The first-order valence-electron chi connectivity index (χ1n) is 7.33. The molecular weight excluding hydrogens is 330 g/mol. The summed E-state index contributed by atoms with van der Waals surface area (Å²) in [7, 11) is -1.91. The van der Waals surface area contributed by atoms with Crippen LogP contribution < -0.4 is 15.2 Å². The molecule has 0 spiro atoms. The minimum atomic E-state index is -3.36. The van der Waals surface area contributed by atoms with Crippen LogP contribution in [0.2, 0.25) is 0 Å². The molecule has 2 aromatic rings. The van der Waals surface area contributed by atoms with Crippen LogP contribution in [0.15, 0.2) is 53.4 Å². The maximum absolute atomic E-state index is 12.2. The number of para-hydroxylation sites is 1. The largest absolute Gasteiger partial charge is 0.493 e. The second-order valence-electron chi connectivity index (χ2n) is 5.04. The lowest BCUT2D eigenvalue weighted by molar-refractivity contribution is 0.0995. The summed E-state index contributed by atoms with van der Waals surface area (Å²) in [6, 6.07) is 13.0. The molecule has 0 saturated heterocycles. The van der Waals surface area contributed by atoms with Crippen LogP contribution in [0.1, 0.15) is 16.8 Å². The average molecular weight is 349 g/mol. The number of sulfone groups is 1. The SMILES string of the molecule is COc1cccc(C(N)=O)c1OCCCS(=O)(=O)c1ccccc1. The fraction of sp³-hybridized carbons (Fsp3) is 0.235. The summed E-state index contributed by atoms with van der Waals surface area (Å²) >= 11 is 0. The molecule has 128 valence electrons. The molecule has 0 radical (unpaired) electrons. The van der Waals surface area contributed by atoms with Crippen molar-refractivity contribution in [2.24, 2.45) is 5.73 Å². The second kappa shape index (κ2) is 7.83. The van der Waals surface area contributed by atoms with Crippen LogP contribution in [0.3, 0.4) is 0 Å². The lowest BCUT2D eigenvalue weighted by Crippen LogP contribution is -2.15. The average Bonchev–Trinajstić information content (AvgIpc) is 2.59. The van der Waals surface area contributed by atoms with Crippen molar-refractivity contribution in [2.75, 3.05) is 19.5 Å². The van der Waals surface area contributed by atoms with Gasteiger partial charge in [-0.3, -0.25) is 4.79 Å². The van der Waals surface area contributed by atoms with E-state index in [1.807, 2.05) is 0 Å². The number of carbonyl (C=O) groups excluding carboxylic acids is 1. The van der Waals surface area contributed by atoms with Crippen molar-refractivity contribution in [3.63, 3.8) is 0 Å². The molecule has 0 aliphatic heterocycles. The van der Waals surface area contributed by atoms with Crippen LogP contribution >= 0.6 is 0 Å². The Morgan fingerprint density at radius 1 is 1.08 bits per heavy atom. The van der Waals surface area contributed by atoms with Crippen LogP contribution in [0.25, 0.3) is 0 Å². The van der Waals surface area contributed by atoms with E-state index in [-0.39, 0.29) is 35.0 Å². The minimum absolute atomic E-state index is 0.0575. The van der Waals surface area contributed by atoms with Gasteiger partial charge in [0.15, 0.2) is 21.3 Å². The molecule has 2 aromatic carbocycles. The molecule has 0 heterocycles. The zero-order chi connectivity index (χ0) is 17.6. The van der Waals surface area contributed by atoms with Gasteiger partial charge in [0, 0.05) is 0 Å². The molecule has 0 saturated carbocycles. The number of methoxy groups -OCH3 is 1. The van der Waals surface area contributed by atoms with Crippen molar-refractivity contribution in [2.45, 2.75) is 11.3 Å². The lowest BCUT2D eigenvalue weighted by atomic mass is 10.2. The Balaban J connectivity index is 2.02. The van der Waals surface area contributed by atoms with Gasteiger partial charge in [0.25, 0.3) is 5.91 Å². The zero-order valence-corrected chi connectivity index (χ0v) is 14.1. The lowest BCUT2D eigenvalue weighted by Gasteiger charge is -2.13. The van der Waals surface area contributed by atoms with Crippen LogP contribution in [0, 0.1) is 0 Å². The van der Waals surface area contributed by atoms with E-state index in [4.69, 9.17) is 15.2 Å². The fourth-order valence-electron chi connectivity index (χ4n) is 2.19. The summed E-state index contributed by atoms with van der Waals surface area (Å²) in [6.07, 6.45) is 0.271. The Hall–Kier alpha value is -2.54. The highest BCUT2D eigenvalue weighted by Crippen LogP contribution is 2.30. The molecule has 2 N–H and O–H groups in total. The number of carbonyl (C=O) groups is 1. The van der Waals surface area contributed by atoms with Crippen LogP contribution in [0.4, 0.5) is 0 Å². The molecule has 0 aliphatic carbocycles. The third-order valence-electron chi connectivity index (χ3n) is 3.37. The Morgan fingerprint density at radius 2 is 1.79 bits per heavy atom. The van der Waals surface area contributed by atoms with Crippen molar-refractivity contribution >= 4 is 15.7 Å². The third kappa shape index (κ3) is 4.26. The number of hydrogen-bond acceptors (Lipinski definition) is 5. The fourth-order valence-corrected chi connectivity index (χ4v) is 3.49. The van der Waals surface area contributed by atoms with E-state index in [0.717, 1.165) is 0 Å². The van der Waals surface area contributed by atoms with Crippen molar-refractivity contribution in [1.82, 2.24) is 0 Å². The summed E-state index contributed by atoms with van der Waals surface area (Å²) in [5.74, 6) is -0.0967. The van der Waals surface area contributed by atoms with Gasteiger partial charge in [-0.05, 0) is 30.7 Å². The Morgan fingerprint density at radius 3 is 2.42 bits per heavy atom. The number of ether oxygens (including phenoxy) is 2. The van der Waals surface area contributed by atoms with E-state index in [9.17, 15) is 13.2 Å². The van der Waals surface area contributed by atoms with Crippen molar-refractivity contribution in [3.8, 4) is 11.5 Å². The highest BCUT2D eigenvalue weighted by Gasteiger charge is 2.16. The predicted molar refractivity (Wildman–Crippen MR) is 90.1 cm³/mol. The van der Waals surface area contributed by atoms with Gasteiger partial charge in [-0.1, -0.05) is 24.3 Å². The summed E-state index contributed by atoms with van der Waals surface area (Å²) in [5, 5.41) is 0. The molecule has 1 amide bonds. The van der Waals surface area contributed by atoms with Gasteiger partial charge in [-0.15, -0.1) is 0 Å². The number of primary amides is 1. The standard InChI is InChI=1S/C17H19NO5S/c1-22-15-10-5-9-14(17(18)19)16(15)23-11-6-12-24(20,21)13-7-3-2-4-8-13/h2-5,7-10H,6,11-12H2,1H3,(H2,18,19). The van der Waals surface area contributed by atoms with Gasteiger partial charge in [-0.25, -0.2) is 8.42 Å². The molecule has 0 aromatic heterocycles. The molecule has 0 aliphatic rings. The molecule has 7 heteroatoms. The number of rotatable bonds is 8. The first-order chi connectivity index (χ1) is 11.5. The van der Waals surface area contributed by atoms with Crippen LogP contribution in [-0.2, 0) is 9.84 Å².